The van der Waals surface area contributed by atoms with Gasteiger partial charge in [-0.15, -0.1) is 0 Å². The second-order valence-electron chi connectivity index (χ2n) is 6.42. The van der Waals surface area contributed by atoms with Gasteiger partial charge in [0.1, 0.15) is 5.75 Å². The largest absolute Gasteiger partial charge is 0.481 e. The van der Waals surface area contributed by atoms with E-state index in [0.29, 0.717) is 12.3 Å². The van der Waals surface area contributed by atoms with Gasteiger partial charge in [-0.1, -0.05) is 36.4 Å². The van der Waals surface area contributed by atoms with Gasteiger partial charge in [0.2, 0.25) is 0 Å². The quantitative estimate of drug-likeness (QED) is 0.634. The Morgan fingerprint density at radius 3 is 2.48 bits per heavy atom. The highest BCUT2D eigenvalue weighted by Gasteiger charge is 2.22. The molecule has 0 radical (unpaired) electrons. The molecule has 3 aromatic rings. The number of ether oxygens (including phenoxy) is 1. The summed E-state index contributed by atoms with van der Waals surface area (Å²) in [5, 5.41) is 19.0. The van der Waals surface area contributed by atoms with Crippen molar-refractivity contribution in [3.63, 3.8) is 0 Å². The molecule has 1 heterocycles. The van der Waals surface area contributed by atoms with E-state index in [0.717, 1.165) is 22.2 Å². The van der Waals surface area contributed by atoms with E-state index in [1.165, 1.54) is 0 Å². The average molecular weight is 367 g/mol. The van der Waals surface area contributed by atoms with Crippen molar-refractivity contribution < 1.29 is 24.5 Å². The lowest BCUT2D eigenvalue weighted by molar-refractivity contribution is -0.146. The molecule has 0 saturated heterocycles. The first kappa shape index (κ1) is 18.5. The maximum atomic E-state index is 11.4. The van der Waals surface area contributed by atoms with Crippen molar-refractivity contribution in [2.24, 2.45) is 0 Å². The van der Waals surface area contributed by atoms with Crippen LogP contribution in [0.25, 0.3) is 10.9 Å². The lowest BCUT2D eigenvalue weighted by Crippen LogP contribution is -2.27. The summed E-state index contributed by atoms with van der Waals surface area (Å²) in [5.74, 6) is -1.78. The van der Waals surface area contributed by atoms with Gasteiger partial charge in [-0.25, -0.2) is 4.79 Å². The van der Waals surface area contributed by atoms with Gasteiger partial charge in [0, 0.05) is 30.5 Å². The Morgan fingerprint density at radius 2 is 1.81 bits per heavy atom. The number of rotatable bonds is 8. The summed E-state index contributed by atoms with van der Waals surface area (Å²) < 4.78 is 7.83. The topological polar surface area (TPSA) is 88.8 Å². The van der Waals surface area contributed by atoms with Crippen LogP contribution in [-0.4, -0.2) is 32.8 Å². The first-order valence-corrected chi connectivity index (χ1v) is 8.69. The molecular weight excluding hydrogens is 346 g/mol. The van der Waals surface area contributed by atoms with Crippen LogP contribution in [0.2, 0.25) is 0 Å². The van der Waals surface area contributed by atoms with Crippen LogP contribution in [-0.2, 0) is 16.1 Å². The monoisotopic (exact) mass is 367 g/mol. The summed E-state index contributed by atoms with van der Waals surface area (Å²) in [5.41, 5.74) is 3.13. The van der Waals surface area contributed by atoms with Gasteiger partial charge in [-0.2, -0.15) is 0 Å². The van der Waals surface area contributed by atoms with Gasteiger partial charge in [-0.05, 0) is 30.7 Å². The second kappa shape index (κ2) is 7.95. The van der Waals surface area contributed by atoms with E-state index >= 15 is 0 Å². The van der Waals surface area contributed by atoms with Gasteiger partial charge < -0.3 is 19.5 Å². The van der Waals surface area contributed by atoms with Crippen molar-refractivity contribution in [3.05, 3.63) is 65.9 Å². The summed E-state index contributed by atoms with van der Waals surface area (Å²) in [6.07, 6.45) is -1.56. The molecule has 0 spiro atoms. The molecule has 2 aromatic carbocycles. The van der Waals surface area contributed by atoms with Crippen LogP contribution in [0.3, 0.4) is 0 Å². The molecule has 6 heteroatoms. The normalized spacial score (nSPS) is 12.0. The number of hydrogen-bond donors (Lipinski definition) is 2. The zero-order valence-electron chi connectivity index (χ0n) is 15.0. The predicted molar refractivity (Wildman–Crippen MR) is 101 cm³/mol. The van der Waals surface area contributed by atoms with Crippen LogP contribution in [0, 0.1) is 6.92 Å². The summed E-state index contributed by atoms with van der Waals surface area (Å²) in [6.45, 7) is 2.69. The number of aromatic nitrogens is 1. The van der Waals surface area contributed by atoms with Crippen molar-refractivity contribution in [1.29, 1.82) is 0 Å². The zero-order chi connectivity index (χ0) is 19.4. The number of carboxylic acids is 2. The Kier molecular flexibility index (Phi) is 5.45. The third-order valence-electron chi connectivity index (χ3n) is 4.46. The maximum absolute atomic E-state index is 11.4. The Hall–Kier alpha value is -3.28. The lowest BCUT2D eigenvalue weighted by Gasteiger charge is -2.15. The Bertz CT molecular complexity index is 961. The van der Waals surface area contributed by atoms with E-state index in [1.54, 1.807) is 6.07 Å². The number of benzene rings is 2. The van der Waals surface area contributed by atoms with Crippen molar-refractivity contribution >= 4 is 22.8 Å². The highest BCUT2D eigenvalue weighted by molar-refractivity contribution is 5.88. The van der Waals surface area contributed by atoms with Gasteiger partial charge >= 0.3 is 11.9 Å². The zero-order valence-corrected chi connectivity index (χ0v) is 15.0. The number of nitrogens with zero attached hydrogens (tertiary/aromatic N) is 1. The number of fused-ring (bicyclic) bond motifs is 1. The van der Waals surface area contributed by atoms with Crippen LogP contribution in [0.5, 0.6) is 5.75 Å². The molecule has 27 heavy (non-hydrogen) atoms. The molecule has 0 bridgehead atoms. The van der Waals surface area contributed by atoms with E-state index in [4.69, 9.17) is 9.84 Å². The lowest BCUT2D eigenvalue weighted by atomic mass is 10.2. The van der Waals surface area contributed by atoms with Crippen LogP contribution >= 0.6 is 0 Å². The first-order valence-electron chi connectivity index (χ1n) is 8.69. The minimum Gasteiger partial charge on any atom is -0.481 e. The highest BCUT2D eigenvalue weighted by atomic mass is 16.5. The predicted octanol–water partition coefficient (Wildman–Crippen LogP) is 3.69. The molecule has 1 atom stereocenters. The van der Waals surface area contributed by atoms with Gasteiger partial charge in [0.15, 0.2) is 6.10 Å². The number of carbonyl (C=O) groups is 2. The van der Waals surface area contributed by atoms with Gasteiger partial charge in [0.25, 0.3) is 0 Å². The minimum absolute atomic E-state index is 0.0925. The fraction of sp³-hybridized carbons (Fsp3) is 0.238. The third kappa shape index (κ3) is 4.28. The molecule has 1 unspecified atom stereocenters. The van der Waals surface area contributed by atoms with E-state index in [-0.39, 0.29) is 12.8 Å². The van der Waals surface area contributed by atoms with Crippen molar-refractivity contribution in [2.75, 3.05) is 0 Å². The summed E-state index contributed by atoms with van der Waals surface area (Å²) in [7, 11) is 0. The first-order chi connectivity index (χ1) is 13.0. The molecule has 0 amide bonds. The smallest absolute Gasteiger partial charge is 0.344 e. The van der Waals surface area contributed by atoms with E-state index in [9.17, 15) is 14.7 Å². The Morgan fingerprint density at radius 1 is 1.07 bits per heavy atom. The molecule has 0 saturated carbocycles. The third-order valence-corrected chi connectivity index (χ3v) is 4.46. The number of aryl methyl sites for hydroxylation is 1. The minimum atomic E-state index is -1.20. The standard InChI is InChI=1S/C21H21NO5/c1-14-12-16-17(22(14)13-15-6-3-2-4-7-15)8-5-9-18(16)27-19(21(25)26)10-11-20(23)24/h2-9,12,19H,10-11,13H2,1H3,(H,23,24)(H,25,26). The second-order valence-corrected chi connectivity index (χ2v) is 6.42. The number of carboxylic acid groups (broad SMARTS) is 2. The SMILES string of the molecule is Cc1cc2c(OC(CCC(=O)O)C(=O)O)cccc2n1Cc1ccccc1. The molecule has 2 N–H and O–H groups in total. The van der Waals surface area contributed by atoms with Crippen molar-refractivity contribution in [2.45, 2.75) is 32.4 Å². The molecule has 1 aromatic heterocycles. The molecule has 0 fully saturated rings. The molecule has 0 aliphatic rings. The summed E-state index contributed by atoms with van der Waals surface area (Å²) in [6, 6.07) is 17.5. The van der Waals surface area contributed by atoms with Gasteiger partial charge in [0.05, 0.1) is 5.52 Å². The summed E-state index contributed by atoms with van der Waals surface area (Å²) in [4.78, 5) is 22.2. The molecule has 0 aliphatic carbocycles. The average Bonchev–Trinajstić information content (AvgIpc) is 2.95. The van der Waals surface area contributed by atoms with E-state index in [1.807, 2.05) is 43.3 Å². The Balaban J connectivity index is 1.92. The van der Waals surface area contributed by atoms with Crippen LogP contribution in [0.15, 0.2) is 54.6 Å². The number of aliphatic carboxylic acids is 2. The number of hydrogen-bond acceptors (Lipinski definition) is 3. The fourth-order valence-corrected chi connectivity index (χ4v) is 3.11. The van der Waals surface area contributed by atoms with Crippen molar-refractivity contribution in [3.8, 4) is 5.75 Å². The van der Waals surface area contributed by atoms with Crippen LogP contribution < -0.4 is 4.74 Å². The molecule has 0 aliphatic heterocycles. The summed E-state index contributed by atoms with van der Waals surface area (Å²) >= 11 is 0. The van der Waals surface area contributed by atoms with E-state index in [2.05, 4.69) is 16.7 Å². The van der Waals surface area contributed by atoms with Gasteiger partial charge in [-0.3, -0.25) is 4.79 Å². The molecule has 6 nitrogen and oxygen atoms in total. The van der Waals surface area contributed by atoms with Crippen LogP contribution in [0.1, 0.15) is 24.1 Å². The van der Waals surface area contributed by atoms with Crippen molar-refractivity contribution in [1.82, 2.24) is 4.57 Å². The Labute approximate surface area is 156 Å². The molecular formula is C21H21NO5. The fourth-order valence-electron chi connectivity index (χ4n) is 3.11. The van der Waals surface area contributed by atoms with E-state index < -0.39 is 18.0 Å². The maximum Gasteiger partial charge on any atom is 0.344 e. The molecule has 140 valence electrons. The molecule has 3 rings (SSSR count). The van der Waals surface area contributed by atoms with Crippen LogP contribution in [0.4, 0.5) is 0 Å². The highest BCUT2D eigenvalue weighted by Crippen LogP contribution is 2.30.